The molecule has 0 saturated carbocycles. The molecule has 0 radical (unpaired) electrons. The van der Waals surface area contributed by atoms with Crippen LogP contribution in [0.25, 0.3) is 0 Å². The predicted octanol–water partition coefficient (Wildman–Crippen LogP) is 2.22. The van der Waals surface area contributed by atoms with E-state index in [-0.39, 0.29) is 0 Å². The van der Waals surface area contributed by atoms with Crippen molar-refractivity contribution in [3.05, 3.63) is 47.5 Å². The molecule has 1 aromatic carbocycles. The average Bonchev–Trinajstić information content (AvgIpc) is 3.15. The number of ether oxygens (including phenoxy) is 1. The fraction of sp³-hybridized carbons (Fsp3) is 0.429. The minimum Gasteiger partial charge on any atom is -0.368 e. The minimum absolute atomic E-state index is 0.471. The second-order valence-electron chi connectivity index (χ2n) is 4.57. The van der Waals surface area contributed by atoms with Crippen molar-refractivity contribution in [3.8, 4) is 0 Å². The van der Waals surface area contributed by atoms with E-state index in [1.54, 1.807) is 0 Å². The van der Waals surface area contributed by atoms with Crippen LogP contribution in [0.5, 0.6) is 0 Å². The number of hydrogen-bond donors (Lipinski definition) is 0. The maximum atomic E-state index is 5.31. The smallest absolute Gasteiger partial charge is 0.102 e. The molecule has 16 heavy (non-hydrogen) atoms. The van der Waals surface area contributed by atoms with Gasteiger partial charge in [0.05, 0.1) is 6.61 Å². The molecule has 2 aliphatic heterocycles. The Hall–Kier alpha value is -1.12. The summed E-state index contributed by atoms with van der Waals surface area (Å²) >= 11 is 0. The van der Waals surface area contributed by atoms with Crippen molar-refractivity contribution in [2.45, 2.75) is 19.1 Å². The van der Waals surface area contributed by atoms with Gasteiger partial charge in [0.2, 0.25) is 0 Å². The van der Waals surface area contributed by atoms with E-state index in [2.05, 4.69) is 41.3 Å². The lowest BCUT2D eigenvalue weighted by Crippen LogP contribution is -2.29. The van der Waals surface area contributed by atoms with Gasteiger partial charge >= 0.3 is 0 Å². The van der Waals surface area contributed by atoms with Gasteiger partial charge in [-0.05, 0) is 17.6 Å². The van der Waals surface area contributed by atoms with Crippen LogP contribution in [0.2, 0.25) is 0 Å². The first-order chi connectivity index (χ1) is 7.92. The van der Waals surface area contributed by atoms with Gasteiger partial charge in [0, 0.05) is 19.6 Å². The quantitative estimate of drug-likeness (QED) is 0.567. The second-order valence-corrected chi connectivity index (χ2v) is 4.57. The van der Waals surface area contributed by atoms with E-state index < -0.39 is 0 Å². The Balaban J connectivity index is 1.58. The molecule has 0 aliphatic carbocycles. The molecule has 0 spiro atoms. The molecular formula is C14H17NO. The van der Waals surface area contributed by atoms with E-state index in [1.807, 2.05) is 0 Å². The lowest BCUT2D eigenvalue weighted by atomic mass is 10.0. The molecule has 0 N–H and O–H groups in total. The highest BCUT2D eigenvalue weighted by Crippen LogP contribution is 2.25. The molecule has 1 atom stereocenters. The molecule has 0 amide bonds. The van der Waals surface area contributed by atoms with Gasteiger partial charge < -0.3 is 4.74 Å². The third-order valence-corrected chi connectivity index (χ3v) is 3.32. The first-order valence-electron chi connectivity index (χ1n) is 5.98. The molecule has 1 unspecified atom stereocenters. The molecular weight excluding hydrogens is 198 g/mol. The average molecular weight is 215 g/mol. The number of benzene rings is 1. The van der Waals surface area contributed by atoms with Crippen molar-refractivity contribution in [1.29, 1.82) is 0 Å². The molecule has 84 valence electrons. The van der Waals surface area contributed by atoms with Crippen LogP contribution in [0.4, 0.5) is 0 Å². The zero-order valence-electron chi connectivity index (χ0n) is 9.43. The molecule has 0 aromatic heterocycles. The summed E-state index contributed by atoms with van der Waals surface area (Å²) < 4.78 is 5.31. The standard InChI is InChI=1S/C14H17NO/c1-2-4-12(5-3-1)10-15-8-6-13(7-9-15)14-11-16-14/h1-6,14H,7-11H2. The Labute approximate surface area is 96.5 Å². The minimum atomic E-state index is 0.471. The fourth-order valence-electron chi connectivity index (χ4n) is 2.27. The van der Waals surface area contributed by atoms with Gasteiger partial charge in [-0.1, -0.05) is 36.4 Å². The second kappa shape index (κ2) is 4.40. The first-order valence-corrected chi connectivity index (χ1v) is 5.98. The lowest BCUT2D eigenvalue weighted by Gasteiger charge is -2.25. The summed E-state index contributed by atoms with van der Waals surface area (Å²) in [7, 11) is 0. The zero-order chi connectivity index (χ0) is 10.8. The highest BCUT2D eigenvalue weighted by molar-refractivity contribution is 5.18. The van der Waals surface area contributed by atoms with Crippen LogP contribution in [0.3, 0.4) is 0 Å². The topological polar surface area (TPSA) is 15.8 Å². The molecule has 2 aliphatic rings. The number of rotatable bonds is 3. The molecule has 1 aromatic rings. The van der Waals surface area contributed by atoms with E-state index in [0.29, 0.717) is 6.10 Å². The van der Waals surface area contributed by atoms with Crippen LogP contribution >= 0.6 is 0 Å². The van der Waals surface area contributed by atoms with Gasteiger partial charge in [0.15, 0.2) is 0 Å². The highest BCUT2D eigenvalue weighted by atomic mass is 16.6. The summed E-state index contributed by atoms with van der Waals surface area (Å²) in [6.45, 7) is 4.26. The van der Waals surface area contributed by atoms with Crippen LogP contribution in [0.1, 0.15) is 12.0 Å². The number of hydrogen-bond acceptors (Lipinski definition) is 2. The third kappa shape index (κ3) is 2.34. The Morgan fingerprint density at radius 2 is 2.06 bits per heavy atom. The maximum absolute atomic E-state index is 5.31. The van der Waals surface area contributed by atoms with E-state index >= 15 is 0 Å². The Kier molecular flexibility index (Phi) is 2.77. The molecule has 2 heterocycles. The van der Waals surface area contributed by atoms with Gasteiger partial charge in [-0.2, -0.15) is 0 Å². The summed E-state index contributed by atoms with van der Waals surface area (Å²) in [6.07, 6.45) is 4.00. The fourth-order valence-corrected chi connectivity index (χ4v) is 2.27. The number of epoxide rings is 1. The summed E-state index contributed by atoms with van der Waals surface area (Å²) in [5.74, 6) is 0. The van der Waals surface area contributed by atoms with Gasteiger partial charge in [0.25, 0.3) is 0 Å². The largest absolute Gasteiger partial charge is 0.368 e. The Morgan fingerprint density at radius 3 is 2.69 bits per heavy atom. The summed E-state index contributed by atoms with van der Waals surface area (Å²) in [5, 5.41) is 0. The normalized spacial score (nSPS) is 25.2. The Morgan fingerprint density at radius 1 is 1.25 bits per heavy atom. The molecule has 1 saturated heterocycles. The molecule has 0 bridgehead atoms. The van der Waals surface area contributed by atoms with Crippen molar-refractivity contribution >= 4 is 0 Å². The van der Waals surface area contributed by atoms with Gasteiger partial charge in [-0.25, -0.2) is 0 Å². The molecule has 2 heteroatoms. The van der Waals surface area contributed by atoms with Gasteiger partial charge in [-0.3, -0.25) is 4.90 Å². The lowest BCUT2D eigenvalue weighted by molar-refractivity contribution is 0.280. The summed E-state index contributed by atoms with van der Waals surface area (Å²) in [5.41, 5.74) is 2.92. The third-order valence-electron chi connectivity index (χ3n) is 3.32. The van der Waals surface area contributed by atoms with E-state index in [1.165, 1.54) is 24.1 Å². The van der Waals surface area contributed by atoms with Crippen molar-refractivity contribution in [3.63, 3.8) is 0 Å². The molecule has 1 fully saturated rings. The molecule has 3 rings (SSSR count). The highest BCUT2D eigenvalue weighted by Gasteiger charge is 2.28. The summed E-state index contributed by atoms with van der Waals surface area (Å²) in [6, 6.07) is 10.7. The summed E-state index contributed by atoms with van der Waals surface area (Å²) in [4.78, 5) is 2.49. The first kappa shape index (κ1) is 10.1. The van der Waals surface area contributed by atoms with Gasteiger partial charge in [-0.15, -0.1) is 0 Å². The van der Waals surface area contributed by atoms with Crippen molar-refractivity contribution in [2.75, 3.05) is 19.7 Å². The van der Waals surface area contributed by atoms with Crippen LogP contribution in [-0.4, -0.2) is 30.7 Å². The van der Waals surface area contributed by atoms with Crippen molar-refractivity contribution < 1.29 is 4.74 Å². The van der Waals surface area contributed by atoms with Crippen LogP contribution in [0, 0.1) is 0 Å². The predicted molar refractivity (Wildman–Crippen MR) is 64.2 cm³/mol. The Bertz CT molecular complexity index is 381. The van der Waals surface area contributed by atoms with E-state index in [9.17, 15) is 0 Å². The molecule has 2 nitrogen and oxygen atoms in total. The number of nitrogens with zero attached hydrogens (tertiary/aromatic N) is 1. The van der Waals surface area contributed by atoms with Crippen LogP contribution in [-0.2, 0) is 11.3 Å². The maximum Gasteiger partial charge on any atom is 0.102 e. The van der Waals surface area contributed by atoms with E-state index in [4.69, 9.17) is 4.74 Å². The van der Waals surface area contributed by atoms with Crippen LogP contribution in [0.15, 0.2) is 42.0 Å². The van der Waals surface area contributed by atoms with Gasteiger partial charge in [0.1, 0.15) is 6.10 Å². The van der Waals surface area contributed by atoms with Crippen LogP contribution < -0.4 is 0 Å². The van der Waals surface area contributed by atoms with E-state index in [0.717, 1.165) is 19.7 Å². The monoisotopic (exact) mass is 215 g/mol. The van der Waals surface area contributed by atoms with Crippen molar-refractivity contribution in [1.82, 2.24) is 4.90 Å². The van der Waals surface area contributed by atoms with Crippen molar-refractivity contribution in [2.24, 2.45) is 0 Å². The SMILES string of the molecule is C1=C(C2CO2)CCN(Cc2ccccc2)C1. The zero-order valence-corrected chi connectivity index (χ0v) is 9.43.